The van der Waals surface area contributed by atoms with Gasteiger partial charge in [0.25, 0.3) is 5.56 Å². The van der Waals surface area contributed by atoms with Crippen LogP contribution in [0.1, 0.15) is 57.4 Å². The Morgan fingerprint density at radius 1 is 1.09 bits per heavy atom. The van der Waals surface area contributed by atoms with E-state index >= 15 is 0 Å². The van der Waals surface area contributed by atoms with Crippen molar-refractivity contribution in [2.75, 3.05) is 6.61 Å². The van der Waals surface area contributed by atoms with Gasteiger partial charge in [0.1, 0.15) is 0 Å². The Kier molecular flexibility index (Phi) is 7.03. The SMILES string of the molecule is CCOC(=O)C1=C(C)N=c2s/c(=C/c3ccc(C(C)(C)C)cc3)c(=O)n2C1/C=C/c1ccccc1. The fourth-order valence-corrected chi connectivity index (χ4v) is 5.07. The van der Waals surface area contributed by atoms with Gasteiger partial charge in [0.15, 0.2) is 4.80 Å². The van der Waals surface area contributed by atoms with Crippen molar-refractivity contribution in [3.05, 3.63) is 108 Å². The van der Waals surface area contributed by atoms with Crippen LogP contribution in [-0.4, -0.2) is 17.1 Å². The summed E-state index contributed by atoms with van der Waals surface area (Å²) in [6, 6.07) is 17.4. The number of aromatic nitrogens is 1. The zero-order chi connectivity index (χ0) is 25.2. The number of allylic oxidation sites excluding steroid dienone is 2. The number of fused-ring (bicyclic) bond motifs is 1. The maximum Gasteiger partial charge on any atom is 0.338 e. The zero-order valence-electron chi connectivity index (χ0n) is 20.7. The first-order chi connectivity index (χ1) is 16.7. The fourth-order valence-electron chi connectivity index (χ4n) is 4.01. The Morgan fingerprint density at radius 2 is 1.77 bits per heavy atom. The van der Waals surface area contributed by atoms with Gasteiger partial charge in [-0.15, -0.1) is 0 Å². The van der Waals surface area contributed by atoms with Crippen molar-refractivity contribution in [3.63, 3.8) is 0 Å². The van der Waals surface area contributed by atoms with Crippen LogP contribution in [-0.2, 0) is 14.9 Å². The highest BCUT2D eigenvalue weighted by Gasteiger charge is 2.30. The van der Waals surface area contributed by atoms with E-state index in [1.54, 1.807) is 18.4 Å². The van der Waals surface area contributed by atoms with E-state index in [0.29, 0.717) is 20.6 Å². The molecular formula is C29H30N2O3S. The van der Waals surface area contributed by atoms with Gasteiger partial charge in [-0.25, -0.2) is 9.79 Å². The maximum absolute atomic E-state index is 13.6. The summed E-state index contributed by atoms with van der Waals surface area (Å²) in [5.74, 6) is -0.455. The molecule has 35 heavy (non-hydrogen) atoms. The van der Waals surface area contributed by atoms with Crippen LogP contribution in [0, 0.1) is 0 Å². The number of rotatable bonds is 5. The predicted molar refractivity (Wildman–Crippen MR) is 142 cm³/mol. The number of hydrogen-bond acceptors (Lipinski definition) is 5. The summed E-state index contributed by atoms with van der Waals surface area (Å²) < 4.78 is 7.49. The Bertz CT molecular complexity index is 1470. The molecule has 3 aromatic rings. The standard InChI is InChI=1S/C29H30N2O3S/c1-6-34-27(33)25-19(2)30-28-31(23(25)17-14-20-10-8-7-9-11-20)26(32)24(35-28)18-21-12-15-22(16-13-21)29(3,4)5/h7-18,23H,6H2,1-5H3/b17-14+,24-18+. The predicted octanol–water partition coefficient (Wildman–Crippen LogP) is 4.76. The highest BCUT2D eigenvalue weighted by Crippen LogP contribution is 2.26. The molecule has 0 N–H and O–H groups in total. The molecule has 5 nitrogen and oxygen atoms in total. The van der Waals surface area contributed by atoms with Crippen LogP contribution in [0.4, 0.5) is 0 Å². The lowest BCUT2D eigenvalue weighted by Gasteiger charge is -2.21. The average Bonchev–Trinajstić information content (AvgIpc) is 3.12. The molecule has 0 saturated carbocycles. The molecule has 0 radical (unpaired) electrons. The molecule has 0 spiro atoms. The first-order valence-corrected chi connectivity index (χ1v) is 12.5. The van der Waals surface area contributed by atoms with Crippen molar-refractivity contribution in [2.45, 2.75) is 46.1 Å². The Balaban J connectivity index is 1.82. The molecule has 0 saturated heterocycles. The van der Waals surface area contributed by atoms with Gasteiger partial charge in [0.2, 0.25) is 0 Å². The van der Waals surface area contributed by atoms with Crippen LogP contribution in [0.25, 0.3) is 12.2 Å². The van der Waals surface area contributed by atoms with E-state index in [4.69, 9.17) is 4.74 Å². The minimum Gasteiger partial charge on any atom is -0.463 e. The van der Waals surface area contributed by atoms with E-state index in [0.717, 1.165) is 11.1 Å². The molecule has 1 unspecified atom stereocenters. The van der Waals surface area contributed by atoms with E-state index in [1.165, 1.54) is 16.9 Å². The van der Waals surface area contributed by atoms with Crippen molar-refractivity contribution in [3.8, 4) is 0 Å². The van der Waals surface area contributed by atoms with Crippen molar-refractivity contribution < 1.29 is 9.53 Å². The third-order valence-electron chi connectivity index (χ3n) is 5.90. The van der Waals surface area contributed by atoms with Gasteiger partial charge in [-0.3, -0.25) is 9.36 Å². The Morgan fingerprint density at radius 3 is 2.40 bits per heavy atom. The average molecular weight is 487 g/mol. The van der Waals surface area contributed by atoms with Crippen LogP contribution in [0.3, 0.4) is 0 Å². The molecule has 1 aromatic heterocycles. The van der Waals surface area contributed by atoms with Gasteiger partial charge in [0, 0.05) is 0 Å². The molecule has 4 rings (SSSR count). The monoisotopic (exact) mass is 486 g/mol. The zero-order valence-corrected chi connectivity index (χ0v) is 21.6. The molecule has 0 aliphatic carbocycles. The van der Waals surface area contributed by atoms with Gasteiger partial charge in [0.05, 0.1) is 28.5 Å². The molecule has 1 aliphatic heterocycles. The summed E-state index contributed by atoms with van der Waals surface area (Å²) in [4.78, 5) is 31.6. The lowest BCUT2D eigenvalue weighted by molar-refractivity contribution is -0.139. The van der Waals surface area contributed by atoms with Crippen molar-refractivity contribution in [1.29, 1.82) is 0 Å². The highest BCUT2D eigenvalue weighted by atomic mass is 32.1. The van der Waals surface area contributed by atoms with Crippen LogP contribution in [0.5, 0.6) is 0 Å². The normalized spacial score (nSPS) is 16.4. The van der Waals surface area contributed by atoms with Crippen molar-refractivity contribution in [2.24, 2.45) is 4.99 Å². The summed E-state index contributed by atoms with van der Waals surface area (Å²) in [5, 5.41) is 0. The molecule has 6 heteroatoms. The van der Waals surface area contributed by atoms with Crippen LogP contribution < -0.4 is 14.9 Å². The van der Waals surface area contributed by atoms with Gasteiger partial charge in [-0.2, -0.15) is 0 Å². The first-order valence-electron chi connectivity index (χ1n) is 11.7. The second-order valence-corrected chi connectivity index (χ2v) is 10.5. The fraction of sp³-hybridized carbons (Fsp3) is 0.276. The highest BCUT2D eigenvalue weighted by molar-refractivity contribution is 7.07. The summed E-state index contributed by atoms with van der Waals surface area (Å²) in [7, 11) is 0. The minimum atomic E-state index is -0.601. The first kappa shape index (κ1) is 24.6. The summed E-state index contributed by atoms with van der Waals surface area (Å²) in [6.45, 7) is 10.3. The van der Waals surface area contributed by atoms with Gasteiger partial charge < -0.3 is 4.74 Å². The number of carbonyl (C=O) groups is 1. The van der Waals surface area contributed by atoms with E-state index in [1.807, 2.05) is 60.7 Å². The number of esters is 1. The molecular weight excluding hydrogens is 456 g/mol. The molecule has 2 aromatic carbocycles. The molecule has 1 aliphatic rings. The summed E-state index contributed by atoms with van der Waals surface area (Å²) >= 11 is 1.33. The second kappa shape index (κ2) is 10.0. The van der Waals surface area contributed by atoms with E-state index in [9.17, 15) is 9.59 Å². The number of ether oxygens (including phenoxy) is 1. The number of benzene rings is 2. The Labute approximate surface area is 209 Å². The van der Waals surface area contributed by atoms with Crippen LogP contribution in [0.15, 0.2) is 81.7 Å². The smallest absolute Gasteiger partial charge is 0.338 e. The third kappa shape index (κ3) is 5.28. The largest absolute Gasteiger partial charge is 0.463 e. The summed E-state index contributed by atoms with van der Waals surface area (Å²) in [5.41, 5.74) is 3.99. The Hall–Kier alpha value is -3.51. The molecule has 0 amide bonds. The van der Waals surface area contributed by atoms with Crippen molar-refractivity contribution >= 4 is 29.5 Å². The number of nitrogens with zero attached hydrogens (tertiary/aromatic N) is 2. The van der Waals surface area contributed by atoms with Gasteiger partial charge >= 0.3 is 5.97 Å². The molecule has 2 heterocycles. The number of thiazole rings is 1. The lowest BCUT2D eigenvalue weighted by Crippen LogP contribution is -2.38. The van der Waals surface area contributed by atoms with Crippen LogP contribution in [0.2, 0.25) is 0 Å². The number of carbonyl (C=O) groups excluding carboxylic acids is 1. The summed E-state index contributed by atoms with van der Waals surface area (Å²) in [6.07, 6.45) is 5.68. The molecule has 0 fully saturated rings. The van der Waals surface area contributed by atoms with E-state index in [2.05, 4.69) is 37.9 Å². The van der Waals surface area contributed by atoms with Crippen LogP contribution >= 0.6 is 11.3 Å². The van der Waals surface area contributed by atoms with Crippen molar-refractivity contribution in [1.82, 2.24) is 4.57 Å². The molecule has 0 bridgehead atoms. The maximum atomic E-state index is 13.6. The minimum absolute atomic E-state index is 0.0595. The second-order valence-electron chi connectivity index (χ2n) is 9.49. The third-order valence-corrected chi connectivity index (χ3v) is 6.89. The molecule has 1 atom stereocenters. The lowest BCUT2D eigenvalue weighted by atomic mass is 9.87. The quantitative estimate of drug-likeness (QED) is 0.489. The molecule has 180 valence electrons. The van der Waals surface area contributed by atoms with E-state index in [-0.39, 0.29) is 17.6 Å². The number of hydrogen-bond donors (Lipinski definition) is 0. The van der Waals surface area contributed by atoms with E-state index < -0.39 is 12.0 Å². The van der Waals surface area contributed by atoms with Gasteiger partial charge in [-0.05, 0) is 42.0 Å². The van der Waals surface area contributed by atoms with Gasteiger partial charge in [-0.1, -0.05) is 98.9 Å². The topological polar surface area (TPSA) is 60.7 Å².